The normalized spacial score (nSPS) is 12.2. The molecule has 5 rings (SSSR count). The molecule has 0 aliphatic carbocycles. The fraction of sp³-hybridized carbons (Fsp3) is 0.207. The Hall–Kier alpha value is -3.84. The third-order valence-corrected chi connectivity index (χ3v) is 7.53. The molecule has 4 aromatic rings. The van der Waals surface area contributed by atoms with Gasteiger partial charge >= 0.3 is 5.97 Å². The van der Waals surface area contributed by atoms with Gasteiger partial charge in [-0.05, 0) is 77.9 Å². The largest absolute Gasteiger partial charge is 0.481 e. The standard InChI is InChI=1S/C29H28N4O2S/c1-17-5-7-20(8-6-17)27-19(3)28-23-10-9-22(32-25-11-12-30-16-31-25)13-21(23)15-33(36-4)29(28)18(2)24(27)14-26(34)35/h5-13,16H,14-15H2,1-4H3,(H,34,35)(H,30,31,32). The molecule has 0 fully saturated rings. The van der Waals surface area contributed by atoms with E-state index in [2.05, 4.69) is 89.1 Å². The number of aromatic nitrogens is 2. The van der Waals surface area contributed by atoms with Crippen LogP contribution < -0.4 is 9.62 Å². The summed E-state index contributed by atoms with van der Waals surface area (Å²) in [5.74, 6) is -0.0759. The van der Waals surface area contributed by atoms with Crippen molar-refractivity contribution < 1.29 is 9.90 Å². The van der Waals surface area contributed by atoms with Crippen LogP contribution in [0, 0.1) is 20.8 Å². The van der Waals surface area contributed by atoms with E-state index in [9.17, 15) is 9.90 Å². The number of carbonyl (C=O) groups is 1. The van der Waals surface area contributed by atoms with Crippen LogP contribution in [0.25, 0.3) is 22.3 Å². The minimum absolute atomic E-state index is 0.0139. The van der Waals surface area contributed by atoms with E-state index in [1.54, 1.807) is 18.1 Å². The fourth-order valence-corrected chi connectivity index (χ4v) is 5.80. The van der Waals surface area contributed by atoms with Crippen molar-refractivity contribution in [1.29, 1.82) is 0 Å². The van der Waals surface area contributed by atoms with Crippen LogP contribution in [0.5, 0.6) is 0 Å². The average molecular weight is 497 g/mol. The van der Waals surface area contributed by atoms with Gasteiger partial charge in [0.15, 0.2) is 0 Å². The number of hydrogen-bond acceptors (Lipinski definition) is 6. The molecule has 0 radical (unpaired) electrons. The van der Waals surface area contributed by atoms with Crippen LogP contribution >= 0.6 is 11.9 Å². The molecule has 1 aliphatic heterocycles. The number of anilines is 3. The maximum atomic E-state index is 11.9. The minimum atomic E-state index is -0.821. The van der Waals surface area contributed by atoms with E-state index in [0.29, 0.717) is 0 Å². The Morgan fingerprint density at radius 1 is 1.06 bits per heavy atom. The summed E-state index contributed by atoms with van der Waals surface area (Å²) in [6, 6.07) is 16.6. The molecule has 1 aliphatic rings. The molecule has 1 aromatic heterocycles. The van der Waals surface area contributed by atoms with Gasteiger partial charge < -0.3 is 14.7 Å². The highest BCUT2D eigenvalue weighted by atomic mass is 32.2. The van der Waals surface area contributed by atoms with Gasteiger partial charge in [0.05, 0.1) is 18.7 Å². The Morgan fingerprint density at radius 2 is 1.83 bits per heavy atom. The lowest BCUT2D eigenvalue weighted by Gasteiger charge is -2.36. The Morgan fingerprint density at radius 3 is 2.50 bits per heavy atom. The van der Waals surface area contributed by atoms with Gasteiger partial charge in [-0.1, -0.05) is 47.8 Å². The van der Waals surface area contributed by atoms with Crippen LogP contribution in [-0.2, 0) is 17.8 Å². The van der Waals surface area contributed by atoms with Gasteiger partial charge in [0, 0.05) is 23.7 Å². The van der Waals surface area contributed by atoms with Crippen LogP contribution in [0.1, 0.15) is 27.8 Å². The number of fused-ring (bicyclic) bond motifs is 3. The molecule has 2 N–H and O–H groups in total. The summed E-state index contributed by atoms with van der Waals surface area (Å²) in [5, 5.41) is 13.2. The summed E-state index contributed by atoms with van der Waals surface area (Å²) in [6.07, 6.45) is 5.30. The zero-order valence-electron chi connectivity index (χ0n) is 20.8. The molecule has 6 nitrogen and oxygen atoms in total. The van der Waals surface area contributed by atoms with Gasteiger partial charge in [0.2, 0.25) is 0 Å². The fourth-order valence-electron chi connectivity index (χ4n) is 5.12. The Balaban J connectivity index is 1.73. The topological polar surface area (TPSA) is 78.3 Å². The summed E-state index contributed by atoms with van der Waals surface area (Å²) in [7, 11) is 0. The van der Waals surface area contributed by atoms with Crippen LogP contribution in [0.15, 0.2) is 61.1 Å². The smallest absolute Gasteiger partial charge is 0.307 e. The first-order valence-electron chi connectivity index (χ1n) is 11.8. The number of hydrogen-bond donors (Lipinski definition) is 2. The van der Waals surface area contributed by atoms with Crippen molar-refractivity contribution in [2.75, 3.05) is 15.9 Å². The number of rotatable bonds is 6. The monoisotopic (exact) mass is 496 g/mol. The molecular weight excluding hydrogens is 468 g/mol. The van der Waals surface area contributed by atoms with Crippen molar-refractivity contribution >= 4 is 35.1 Å². The molecule has 3 aromatic carbocycles. The van der Waals surface area contributed by atoms with Gasteiger partial charge in [-0.2, -0.15) is 0 Å². The van der Waals surface area contributed by atoms with E-state index in [0.717, 1.165) is 51.6 Å². The van der Waals surface area contributed by atoms with Crippen molar-refractivity contribution in [3.63, 3.8) is 0 Å². The number of aryl methyl sites for hydroxylation is 1. The van der Waals surface area contributed by atoms with Gasteiger partial charge in [0.1, 0.15) is 12.1 Å². The highest BCUT2D eigenvalue weighted by molar-refractivity contribution is 7.99. The third-order valence-electron chi connectivity index (χ3n) is 6.78. The van der Waals surface area contributed by atoms with E-state index in [1.807, 2.05) is 6.07 Å². The zero-order chi connectivity index (χ0) is 25.4. The second-order valence-corrected chi connectivity index (χ2v) is 9.88. The molecule has 0 saturated carbocycles. The maximum Gasteiger partial charge on any atom is 0.307 e. The molecule has 7 heteroatoms. The van der Waals surface area contributed by atoms with Crippen LogP contribution in [0.2, 0.25) is 0 Å². The molecule has 0 atom stereocenters. The van der Waals surface area contributed by atoms with E-state index in [-0.39, 0.29) is 6.42 Å². The molecular formula is C29H28N4O2S. The SMILES string of the molecule is CSN1Cc2cc(Nc3ccncn3)ccc2-c2c(C)c(-c3ccc(C)cc3)c(CC(=O)O)c(C)c21. The minimum Gasteiger partial charge on any atom is -0.481 e. The second kappa shape index (κ2) is 9.66. The predicted octanol–water partition coefficient (Wildman–Crippen LogP) is 6.70. The highest BCUT2D eigenvalue weighted by Crippen LogP contribution is 2.50. The summed E-state index contributed by atoms with van der Waals surface area (Å²) in [5.41, 5.74) is 11.9. The summed E-state index contributed by atoms with van der Waals surface area (Å²) in [4.78, 5) is 20.2. The van der Waals surface area contributed by atoms with Crippen LogP contribution in [0.3, 0.4) is 0 Å². The van der Waals surface area contributed by atoms with Crippen molar-refractivity contribution in [2.24, 2.45) is 0 Å². The maximum absolute atomic E-state index is 11.9. The molecule has 0 unspecified atom stereocenters. The molecule has 0 bridgehead atoms. The van der Waals surface area contributed by atoms with E-state index < -0.39 is 5.97 Å². The molecule has 36 heavy (non-hydrogen) atoms. The van der Waals surface area contributed by atoms with E-state index >= 15 is 0 Å². The second-order valence-electron chi connectivity index (χ2n) is 9.07. The van der Waals surface area contributed by atoms with Gasteiger partial charge in [-0.3, -0.25) is 4.79 Å². The van der Waals surface area contributed by atoms with Crippen molar-refractivity contribution in [2.45, 2.75) is 33.7 Å². The van der Waals surface area contributed by atoms with Crippen molar-refractivity contribution in [3.8, 4) is 22.3 Å². The zero-order valence-corrected chi connectivity index (χ0v) is 21.6. The lowest BCUT2D eigenvalue weighted by Crippen LogP contribution is -2.22. The van der Waals surface area contributed by atoms with Crippen molar-refractivity contribution in [3.05, 3.63) is 88.9 Å². The number of carboxylic acid groups (broad SMARTS) is 1. The number of carboxylic acids is 1. The number of nitrogens with zero attached hydrogens (tertiary/aromatic N) is 3. The van der Waals surface area contributed by atoms with Crippen LogP contribution in [-0.4, -0.2) is 27.3 Å². The molecule has 0 saturated heterocycles. The first-order valence-corrected chi connectivity index (χ1v) is 13.0. The molecule has 0 amide bonds. The number of benzene rings is 3. The Labute approximate surface area is 215 Å². The van der Waals surface area contributed by atoms with Crippen molar-refractivity contribution in [1.82, 2.24) is 9.97 Å². The van der Waals surface area contributed by atoms with Gasteiger partial charge in [-0.15, -0.1) is 0 Å². The first kappa shape index (κ1) is 23.9. The van der Waals surface area contributed by atoms with Gasteiger partial charge in [-0.25, -0.2) is 9.97 Å². The number of nitrogens with one attached hydrogen (secondary N) is 1. The Kier molecular flexibility index (Phi) is 6.41. The quantitative estimate of drug-likeness (QED) is 0.287. The van der Waals surface area contributed by atoms with E-state index in [1.165, 1.54) is 28.6 Å². The third kappa shape index (κ3) is 4.31. The molecule has 2 heterocycles. The first-order chi connectivity index (χ1) is 17.4. The predicted molar refractivity (Wildman–Crippen MR) is 148 cm³/mol. The molecule has 182 valence electrons. The lowest BCUT2D eigenvalue weighted by molar-refractivity contribution is -0.136. The van der Waals surface area contributed by atoms with Crippen LogP contribution in [0.4, 0.5) is 17.2 Å². The van der Waals surface area contributed by atoms with E-state index in [4.69, 9.17) is 0 Å². The van der Waals surface area contributed by atoms with Gasteiger partial charge in [0.25, 0.3) is 0 Å². The average Bonchev–Trinajstić information content (AvgIpc) is 2.87. The summed E-state index contributed by atoms with van der Waals surface area (Å²) in [6.45, 7) is 6.97. The summed E-state index contributed by atoms with van der Waals surface area (Å²) < 4.78 is 2.28. The lowest BCUT2D eigenvalue weighted by atomic mass is 9.81. The highest BCUT2D eigenvalue weighted by Gasteiger charge is 2.30. The molecule has 0 spiro atoms. The summed E-state index contributed by atoms with van der Waals surface area (Å²) >= 11 is 1.66. The Bertz CT molecular complexity index is 1450. The number of aliphatic carboxylic acids is 1.